The fourth-order valence-electron chi connectivity index (χ4n) is 6.55. The number of nitrogens with zero attached hydrogens (tertiary/aromatic N) is 5. The van der Waals surface area contributed by atoms with Crippen LogP contribution in [0.5, 0.6) is 0 Å². The summed E-state index contributed by atoms with van der Waals surface area (Å²) in [6.07, 6.45) is 5.32. The number of anilines is 2. The van der Waals surface area contributed by atoms with Crippen molar-refractivity contribution >= 4 is 17.5 Å². The number of fused-ring (bicyclic) bond motifs is 3. The first-order valence-corrected chi connectivity index (χ1v) is 15.3. The molecular weight excluding hydrogens is 547 g/mol. The van der Waals surface area contributed by atoms with E-state index >= 15 is 0 Å². The van der Waals surface area contributed by atoms with Gasteiger partial charge in [0.15, 0.2) is 0 Å². The number of hydrogen-bond acceptors (Lipinski definition) is 8. The normalized spacial score (nSPS) is 21.9. The van der Waals surface area contributed by atoms with Gasteiger partial charge in [0.1, 0.15) is 24.3 Å². The minimum atomic E-state index is -0.542. The van der Waals surface area contributed by atoms with Gasteiger partial charge in [-0.15, -0.1) is 5.10 Å². The summed E-state index contributed by atoms with van der Waals surface area (Å²) in [5.41, 5.74) is 3.72. The fraction of sp³-hybridized carbons (Fsp3) is 0.485. The second-order valence-electron chi connectivity index (χ2n) is 11.9. The molecule has 4 aliphatic heterocycles. The number of benzene rings is 2. The molecule has 10 heteroatoms. The van der Waals surface area contributed by atoms with E-state index in [0.717, 1.165) is 75.0 Å². The number of esters is 1. The molecule has 0 radical (unpaired) electrons. The lowest BCUT2D eigenvalue weighted by Crippen LogP contribution is -2.50. The number of halogens is 1. The Morgan fingerprint density at radius 1 is 1.05 bits per heavy atom. The lowest BCUT2D eigenvalue weighted by atomic mass is 9.72. The van der Waals surface area contributed by atoms with Gasteiger partial charge in [0.2, 0.25) is 0 Å². The Balaban J connectivity index is 1.18. The topological polar surface area (TPSA) is 95.7 Å². The molecule has 5 heterocycles. The smallest absolute Gasteiger partial charge is 0.332 e. The van der Waals surface area contributed by atoms with Gasteiger partial charge in [0, 0.05) is 37.0 Å². The number of nitrogens with one attached hydrogen (secondary N) is 1. The molecule has 43 heavy (non-hydrogen) atoms. The number of carbonyl (C=O) groups excluding carboxylic acids is 1. The molecule has 0 spiro atoms. The lowest BCUT2D eigenvalue weighted by Gasteiger charge is -2.48. The highest BCUT2D eigenvalue weighted by Gasteiger charge is 2.39. The Morgan fingerprint density at radius 3 is 2.40 bits per heavy atom. The summed E-state index contributed by atoms with van der Waals surface area (Å²) in [4.78, 5) is 16.5. The second kappa shape index (κ2) is 12.7. The van der Waals surface area contributed by atoms with Crippen LogP contribution in [0.1, 0.15) is 44.6 Å². The summed E-state index contributed by atoms with van der Waals surface area (Å²) in [6, 6.07) is 16.8. The van der Waals surface area contributed by atoms with E-state index in [1.807, 2.05) is 29.0 Å². The van der Waals surface area contributed by atoms with Gasteiger partial charge < -0.3 is 24.6 Å². The third-order valence-corrected chi connectivity index (χ3v) is 9.26. The van der Waals surface area contributed by atoms with E-state index in [1.165, 1.54) is 31.4 Å². The maximum atomic E-state index is 14.7. The summed E-state index contributed by atoms with van der Waals surface area (Å²) in [7, 11) is 0. The van der Waals surface area contributed by atoms with Crippen LogP contribution in [0, 0.1) is 22.6 Å². The van der Waals surface area contributed by atoms with Gasteiger partial charge in [0.05, 0.1) is 29.7 Å². The SMILES string of the molecule is CCOC(=O)COC1CCN(c2ccc(-n3nc(NCC45CCN(CC4)CC5)cc3-c3ccc(C#N)c(F)c3)cc2)CC1. The number of hydrogen-bond donors (Lipinski definition) is 1. The van der Waals surface area contributed by atoms with E-state index in [9.17, 15) is 14.4 Å². The minimum Gasteiger partial charge on any atom is -0.464 e. The zero-order chi connectivity index (χ0) is 29.8. The number of rotatable bonds is 10. The van der Waals surface area contributed by atoms with Crippen LogP contribution in [0.25, 0.3) is 16.9 Å². The predicted octanol–water partition coefficient (Wildman–Crippen LogP) is 5.00. The Hall–Kier alpha value is -3.94. The lowest BCUT2D eigenvalue weighted by molar-refractivity contribution is -0.150. The molecule has 2 bridgehead atoms. The first-order valence-electron chi connectivity index (χ1n) is 15.3. The highest BCUT2D eigenvalue weighted by molar-refractivity contribution is 5.70. The molecule has 1 aromatic heterocycles. The molecule has 2 aromatic carbocycles. The molecule has 1 N–H and O–H groups in total. The van der Waals surface area contributed by atoms with E-state index in [2.05, 4.69) is 27.2 Å². The molecule has 0 unspecified atom stereocenters. The highest BCUT2D eigenvalue weighted by atomic mass is 19.1. The van der Waals surface area contributed by atoms with Crippen molar-refractivity contribution in [2.75, 3.05) is 62.7 Å². The van der Waals surface area contributed by atoms with Gasteiger partial charge in [-0.25, -0.2) is 13.9 Å². The molecule has 3 aromatic rings. The predicted molar refractivity (Wildman–Crippen MR) is 163 cm³/mol. The van der Waals surface area contributed by atoms with E-state index in [4.69, 9.17) is 14.6 Å². The average molecular weight is 587 g/mol. The molecular formula is C33H39FN6O3. The van der Waals surface area contributed by atoms with Gasteiger partial charge in [0.25, 0.3) is 0 Å². The van der Waals surface area contributed by atoms with Gasteiger partial charge in [-0.1, -0.05) is 6.07 Å². The Kier molecular flexibility index (Phi) is 8.63. The van der Waals surface area contributed by atoms with Gasteiger partial charge >= 0.3 is 5.97 Å². The van der Waals surface area contributed by atoms with Gasteiger partial charge in [-0.3, -0.25) is 0 Å². The highest BCUT2D eigenvalue weighted by Crippen LogP contribution is 2.40. The molecule has 4 aliphatic rings. The maximum Gasteiger partial charge on any atom is 0.332 e. The summed E-state index contributed by atoms with van der Waals surface area (Å²) in [5, 5.41) is 17.8. The number of ether oxygens (including phenoxy) is 2. The van der Waals surface area contributed by atoms with Crippen LogP contribution in [0.2, 0.25) is 0 Å². The zero-order valence-electron chi connectivity index (χ0n) is 24.7. The minimum absolute atomic E-state index is 0.00101. The van der Waals surface area contributed by atoms with E-state index < -0.39 is 5.82 Å². The van der Waals surface area contributed by atoms with Crippen LogP contribution in [-0.4, -0.2) is 79.2 Å². The van der Waals surface area contributed by atoms with E-state index in [1.54, 1.807) is 13.0 Å². The maximum absolute atomic E-state index is 14.7. The molecule has 226 valence electrons. The molecule has 7 rings (SSSR count). The molecule has 4 saturated heterocycles. The zero-order valence-corrected chi connectivity index (χ0v) is 24.7. The number of aromatic nitrogens is 2. The van der Waals surface area contributed by atoms with Crippen molar-refractivity contribution in [2.24, 2.45) is 5.41 Å². The van der Waals surface area contributed by atoms with Crippen molar-refractivity contribution in [3.63, 3.8) is 0 Å². The van der Waals surface area contributed by atoms with Crippen molar-refractivity contribution in [2.45, 2.75) is 45.1 Å². The van der Waals surface area contributed by atoms with Crippen LogP contribution in [0.15, 0.2) is 48.5 Å². The summed E-state index contributed by atoms with van der Waals surface area (Å²) in [5.74, 6) is -0.101. The Bertz CT molecular complexity index is 1450. The second-order valence-corrected chi connectivity index (χ2v) is 11.9. The molecule has 0 aliphatic carbocycles. The Labute approximate surface area is 252 Å². The molecule has 9 nitrogen and oxygen atoms in total. The van der Waals surface area contributed by atoms with Crippen LogP contribution in [0.4, 0.5) is 15.9 Å². The fourth-order valence-corrected chi connectivity index (χ4v) is 6.55. The summed E-state index contributed by atoms with van der Waals surface area (Å²) in [6.45, 7) is 8.17. The number of piperidine rings is 4. The van der Waals surface area contributed by atoms with Crippen LogP contribution < -0.4 is 10.2 Å². The summed E-state index contributed by atoms with van der Waals surface area (Å²) >= 11 is 0. The van der Waals surface area contributed by atoms with Crippen molar-refractivity contribution in [3.8, 4) is 23.0 Å². The standard InChI is InChI=1S/C33H39FN6O3/c1-2-42-32(41)22-43-28-9-14-39(15-10-28)26-5-7-27(8-6-26)40-30(24-3-4-25(21-35)29(34)19-24)20-31(37-40)36-23-33-11-16-38(17-12-33)18-13-33/h3-8,19-20,28H,2,9-18,22-23H2,1H3,(H,36,37). The van der Waals surface area contributed by atoms with E-state index in [-0.39, 0.29) is 24.2 Å². The largest absolute Gasteiger partial charge is 0.464 e. The van der Waals surface area contributed by atoms with Crippen molar-refractivity contribution in [1.29, 1.82) is 5.26 Å². The van der Waals surface area contributed by atoms with Gasteiger partial charge in [-0.05, 0) is 100 Å². The third-order valence-electron chi connectivity index (χ3n) is 9.26. The molecule has 4 fully saturated rings. The third kappa shape index (κ3) is 6.53. The quantitative estimate of drug-likeness (QED) is 0.332. The molecule has 0 saturated carbocycles. The van der Waals surface area contributed by atoms with Crippen molar-refractivity contribution in [3.05, 3.63) is 59.9 Å². The molecule has 0 atom stereocenters. The monoisotopic (exact) mass is 586 g/mol. The van der Waals surface area contributed by atoms with Crippen molar-refractivity contribution < 1.29 is 18.7 Å². The Morgan fingerprint density at radius 2 is 1.74 bits per heavy atom. The number of nitriles is 1. The first kappa shape index (κ1) is 29.1. The van der Waals surface area contributed by atoms with Crippen LogP contribution in [0.3, 0.4) is 0 Å². The molecule has 0 amide bonds. The van der Waals surface area contributed by atoms with Crippen molar-refractivity contribution in [1.82, 2.24) is 14.7 Å². The first-order chi connectivity index (χ1) is 20.9. The average Bonchev–Trinajstić information content (AvgIpc) is 3.49. The van der Waals surface area contributed by atoms with E-state index in [0.29, 0.717) is 17.6 Å². The number of carbonyl (C=O) groups is 1. The van der Waals surface area contributed by atoms with Crippen LogP contribution >= 0.6 is 0 Å². The van der Waals surface area contributed by atoms with Crippen LogP contribution in [-0.2, 0) is 14.3 Å². The summed E-state index contributed by atoms with van der Waals surface area (Å²) < 4.78 is 27.2. The van der Waals surface area contributed by atoms with Gasteiger partial charge in [-0.2, -0.15) is 5.26 Å².